The lowest BCUT2D eigenvalue weighted by molar-refractivity contribution is 0.270. The summed E-state index contributed by atoms with van der Waals surface area (Å²) in [5.74, 6) is 1.87. The number of aromatic nitrogens is 1. The highest BCUT2D eigenvalue weighted by Crippen LogP contribution is 2.14. The number of aryl methyl sites for hydroxylation is 1. The lowest BCUT2D eigenvalue weighted by atomic mass is 10.1. The summed E-state index contributed by atoms with van der Waals surface area (Å²) in [6.45, 7) is 11.3. The fourth-order valence-corrected chi connectivity index (χ4v) is 3.66. The molecular formula is C23H34N6. The number of likely N-dealkylation sites (N-methyl/N-ethyl adjacent to an activating group) is 1. The Hall–Kier alpha value is -2.60. The minimum absolute atomic E-state index is 0.700. The third-order valence-electron chi connectivity index (χ3n) is 5.58. The molecule has 0 spiro atoms. The van der Waals surface area contributed by atoms with Gasteiger partial charge in [-0.1, -0.05) is 44.2 Å². The summed E-state index contributed by atoms with van der Waals surface area (Å²) in [6, 6.07) is 12.8. The molecule has 1 aliphatic rings. The Bertz CT molecular complexity index is 778. The first kappa shape index (κ1) is 21.1. The summed E-state index contributed by atoms with van der Waals surface area (Å²) in [6.07, 6.45) is 3.00. The second-order valence-corrected chi connectivity index (χ2v) is 7.35. The van der Waals surface area contributed by atoms with Crippen LogP contribution in [0.25, 0.3) is 0 Å². The summed E-state index contributed by atoms with van der Waals surface area (Å²) in [7, 11) is 1.80. The van der Waals surface area contributed by atoms with E-state index in [2.05, 4.69) is 80.7 Å². The smallest absolute Gasteiger partial charge is 0.191 e. The number of nitrogens with zero attached hydrogens (tertiary/aromatic N) is 4. The largest absolute Gasteiger partial charge is 0.354 e. The maximum absolute atomic E-state index is 4.68. The first-order chi connectivity index (χ1) is 14.2. The molecule has 2 aromatic rings. The molecule has 156 valence electrons. The molecule has 1 aliphatic heterocycles. The highest BCUT2D eigenvalue weighted by molar-refractivity contribution is 5.79. The monoisotopic (exact) mass is 394 g/mol. The standard InChI is InChI=1S/C23H34N6/c1-4-20-8-6-7-9-21(20)18-27-23(24-3)26-17-19-10-11-22(25-16-19)29-14-12-28(5-2)13-15-29/h6-11,16H,4-5,12-15,17-18H2,1-3H3,(H2,24,26,27). The Balaban J connectivity index is 1.48. The highest BCUT2D eigenvalue weighted by Gasteiger charge is 2.16. The van der Waals surface area contributed by atoms with E-state index in [1.54, 1.807) is 7.05 Å². The average Bonchev–Trinajstić information content (AvgIpc) is 2.80. The molecule has 0 amide bonds. The second-order valence-electron chi connectivity index (χ2n) is 7.35. The van der Waals surface area contributed by atoms with Gasteiger partial charge in [0, 0.05) is 52.5 Å². The SMILES string of the molecule is CCc1ccccc1CNC(=NC)NCc1ccc(N2CCN(CC)CC2)nc1. The van der Waals surface area contributed by atoms with Gasteiger partial charge in [0.25, 0.3) is 0 Å². The average molecular weight is 395 g/mol. The van der Waals surface area contributed by atoms with Gasteiger partial charge in [-0.3, -0.25) is 4.99 Å². The quantitative estimate of drug-likeness (QED) is 0.559. The van der Waals surface area contributed by atoms with E-state index in [9.17, 15) is 0 Å². The molecule has 6 nitrogen and oxygen atoms in total. The van der Waals surface area contributed by atoms with Crippen LogP contribution >= 0.6 is 0 Å². The summed E-state index contributed by atoms with van der Waals surface area (Å²) in [5, 5.41) is 6.79. The molecule has 0 atom stereocenters. The Kier molecular flexibility index (Phi) is 7.87. The van der Waals surface area contributed by atoms with Gasteiger partial charge in [-0.25, -0.2) is 4.98 Å². The van der Waals surface area contributed by atoms with E-state index >= 15 is 0 Å². The number of hydrogen-bond acceptors (Lipinski definition) is 4. The van der Waals surface area contributed by atoms with Crippen molar-refractivity contribution in [2.24, 2.45) is 4.99 Å². The van der Waals surface area contributed by atoms with Gasteiger partial charge in [0.05, 0.1) is 0 Å². The van der Waals surface area contributed by atoms with Crippen molar-refractivity contribution in [2.75, 3.05) is 44.7 Å². The third-order valence-corrected chi connectivity index (χ3v) is 5.58. The Morgan fingerprint density at radius 2 is 1.69 bits per heavy atom. The minimum Gasteiger partial charge on any atom is -0.354 e. The van der Waals surface area contributed by atoms with E-state index < -0.39 is 0 Å². The van der Waals surface area contributed by atoms with Gasteiger partial charge in [-0.05, 0) is 35.7 Å². The van der Waals surface area contributed by atoms with Crippen molar-refractivity contribution in [1.82, 2.24) is 20.5 Å². The summed E-state index contributed by atoms with van der Waals surface area (Å²) < 4.78 is 0. The first-order valence-electron chi connectivity index (χ1n) is 10.7. The van der Waals surface area contributed by atoms with Gasteiger partial charge in [0.2, 0.25) is 0 Å². The van der Waals surface area contributed by atoms with E-state index in [1.807, 2.05) is 6.20 Å². The van der Waals surface area contributed by atoms with Gasteiger partial charge in [0.1, 0.15) is 5.82 Å². The van der Waals surface area contributed by atoms with E-state index in [1.165, 1.54) is 11.1 Å². The van der Waals surface area contributed by atoms with Crippen LogP contribution in [-0.2, 0) is 19.5 Å². The number of hydrogen-bond donors (Lipinski definition) is 2. The van der Waals surface area contributed by atoms with Gasteiger partial charge in [-0.2, -0.15) is 0 Å². The van der Waals surface area contributed by atoms with Crippen molar-refractivity contribution >= 4 is 11.8 Å². The van der Waals surface area contributed by atoms with Gasteiger partial charge < -0.3 is 20.4 Å². The number of pyridine rings is 1. The molecule has 0 unspecified atom stereocenters. The lowest BCUT2D eigenvalue weighted by Crippen LogP contribution is -2.46. The second kappa shape index (κ2) is 10.8. The molecule has 2 N–H and O–H groups in total. The molecule has 1 aromatic carbocycles. The molecule has 6 heteroatoms. The molecule has 0 radical (unpaired) electrons. The predicted molar refractivity (Wildman–Crippen MR) is 121 cm³/mol. The summed E-state index contributed by atoms with van der Waals surface area (Å²) in [5.41, 5.74) is 3.83. The first-order valence-corrected chi connectivity index (χ1v) is 10.7. The molecule has 1 fully saturated rings. The molecule has 0 aliphatic carbocycles. The van der Waals surface area contributed by atoms with Crippen LogP contribution in [0.15, 0.2) is 47.6 Å². The minimum atomic E-state index is 0.700. The van der Waals surface area contributed by atoms with Crippen molar-refractivity contribution in [3.8, 4) is 0 Å². The molecule has 29 heavy (non-hydrogen) atoms. The maximum Gasteiger partial charge on any atom is 0.191 e. The molecular weight excluding hydrogens is 360 g/mol. The van der Waals surface area contributed by atoms with E-state index in [-0.39, 0.29) is 0 Å². The molecule has 0 saturated carbocycles. The van der Waals surface area contributed by atoms with Crippen LogP contribution < -0.4 is 15.5 Å². The Labute approximate surface area is 175 Å². The Morgan fingerprint density at radius 3 is 2.31 bits per heavy atom. The highest BCUT2D eigenvalue weighted by atomic mass is 15.3. The van der Waals surface area contributed by atoms with E-state index in [0.29, 0.717) is 6.54 Å². The zero-order valence-corrected chi connectivity index (χ0v) is 18.0. The molecule has 1 aromatic heterocycles. The summed E-state index contributed by atoms with van der Waals surface area (Å²) >= 11 is 0. The maximum atomic E-state index is 4.68. The number of benzene rings is 1. The van der Waals surface area contributed by atoms with Crippen molar-refractivity contribution in [3.05, 3.63) is 59.3 Å². The number of rotatable bonds is 7. The van der Waals surface area contributed by atoms with Crippen LogP contribution in [0, 0.1) is 0 Å². The lowest BCUT2D eigenvalue weighted by Gasteiger charge is -2.34. The normalized spacial score (nSPS) is 15.4. The van der Waals surface area contributed by atoms with Crippen molar-refractivity contribution < 1.29 is 0 Å². The third kappa shape index (κ3) is 5.94. The molecule has 1 saturated heterocycles. The Morgan fingerprint density at radius 1 is 0.966 bits per heavy atom. The number of nitrogens with one attached hydrogen (secondary N) is 2. The number of anilines is 1. The zero-order chi connectivity index (χ0) is 20.5. The molecule has 0 bridgehead atoms. The van der Waals surface area contributed by atoms with Crippen LogP contribution in [0.1, 0.15) is 30.5 Å². The summed E-state index contributed by atoms with van der Waals surface area (Å²) in [4.78, 5) is 13.9. The fraction of sp³-hybridized carbons (Fsp3) is 0.478. The number of aliphatic imine (C=N–C) groups is 1. The van der Waals surface area contributed by atoms with Crippen LogP contribution in [0.5, 0.6) is 0 Å². The van der Waals surface area contributed by atoms with Crippen LogP contribution in [0.3, 0.4) is 0 Å². The van der Waals surface area contributed by atoms with Crippen molar-refractivity contribution in [3.63, 3.8) is 0 Å². The van der Waals surface area contributed by atoms with E-state index in [0.717, 1.165) is 63.0 Å². The van der Waals surface area contributed by atoms with Crippen LogP contribution in [0.2, 0.25) is 0 Å². The fourth-order valence-electron chi connectivity index (χ4n) is 3.66. The topological polar surface area (TPSA) is 55.8 Å². The van der Waals surface area contributed by atoms with Gasteiger partial charge in [-0.15, -0.1) is 0 Å². The molecule has 3 rings (SSSR count). The zero-order valence-electron chi connectivity index (χ0n) is 18.0. The van der Waals surface area contributed by atoms with Crippen LogP contribution in [0.4, 0.5) is 5.82 Å². The van der Waals surface area contributed by atoms with Crippen molar-refractivity contribution in [1.29, 1.82) is 0 Å². The van der Waals surface area contributed by atoms with Crippen LogP contribution in [-0.4, -0.2) is 55.6 Å². The number of guanidine groups is 1. The number of piperazine rings is 1. The van der Waals surface area contributed by atoms with Crippen molar-refractivity contribution in [2.45, 2.75) is 33.4 Å². The van der Waals surface area contributed by atoms with E-state index in [4.69, 9.17) is 0 Å². The van der Waals surface area contributed by atoms with Gasteiger partial charge >= 0.3 is 0 Å². The molecule has 2 heterocycles. The predicted octanol–water partition coefficient (Wildman–Crippen LogP) is 2.65. The van der Waals surface area contributed by atoms with Gasteiger partial charge in [0.15, 0.2) is 5.96 Å².